The predicted octanol–water partition coefficient (Wildman–Crippen LogP) is 3.93. The lowest BCUT2D eigenvalue weighted by atomic mass is 10.2. The van der Waals surface area contributed by atoms with Gasteiger partial charge >= 0.3 is 0 Å². The largest absolute Gasteiger partial charge is 0.322 e. The maximum absolute atomic E-state index is 13.8. The van der Waals surface area contributed by atoms with Crippen LogP contribution in [0.1, 0.15) is 5.56 Å². The fourth-order valence-electron chi connectivity index (χ4n) is 2.71. The van der Waals surface area contributed by atoms with Gasteiger partial charge in [-0.25, -0.2) is 21.6 Å². The second kappa shape index (κ2) is 9.10. The number of benzene rings is 3. The Morgan fingerprint density at radius 1 is 0.867 bits per heavy atom. The van der Waals surface area contributed by atoms with Crippen LogP contribution < -0.4 is 5.32 Å². The molecule has 0 aliphatic heterocycles. The summed E-state index contributed by atoms with van der Waals surface area (Å²) in [7, 11) is -4.18. The summed E-state index contributed by atoms with van der Waals surface area (Å²) < 4.78 is 67.3. The third-order valence-electron chi connectivity index (χ3n) is 4.18. The molecule has 3 aromatic rings. The molecule has 5 nitrogen and oxygen atoms in total. The number of halogens is 3. The lowest BCUT2D eigenvalue weighted by Gasteiger charge is -2.22. The second-order valence-corrected chi connectivity index (χ2v) is 8.32. The topological polar surface area (TPSA) is 66.5 Å². The van der Waals surface area contributed by atoms with Crippen LogP contribution in [-0.2, 0) is 21.4 Å². The van der Waals surface area contributed by atoms with E-state index in [2.05, 4.69) is 5.32 Å². The highest BCUT2D eigenvalue weighted by molar-refractivity contribution is 7.89. The van der Waals surface area contributed by atoms with Crippen LogP contribution in [0.25, 0.3) is 0 Å². The Bertz CT molecular complexity index is 1140. The molecule has 0 atom stereocenters. The molecule has 1 amide bonds. The van der Waals surface area contributed by atoms with E-state index in [1.165, 1.54) is 0 Å². The SMILES string of the molecule is O=C(CN(Cc1ccccc1)S(=O)(=O)c1ccc(F)cc1)Nc1cc(F)ccc1F. The monoisotopic (exact) mass is 434 g/mol. The van der Waals surface area contributed by atoms with Crippen LogP contribution in [0, 0.1) is 17.5 Å². The molecule has 0 saturated carbocycles. The number of carbonyl (C=O) groups is 1. The van der Waals surface area contributed by atoms with Crippen LogP contribution in [0.15, 0.2) is 77.7 Å². The first kappa shape index (κ1) is 21.5. The van der Waals surface area contributed by atoms with Gasteiger partial charge in [-0.2, -0.15) is 4.31 Å². The zero-order valence-electron chi connectivity index (χ0n) is 15.6. The van der Waals surface area contributed by atoms with Crippen LogP contribution in [0.4, 0.5) is 18.9 Å². The molecule has 156 valence electrons. The van der Waals surface area contributed by atoms with Gasteiger partial charge in [0.25, 0.3) is 0 Å². The number of sulfonamides is 1. The first-order valence-corrected chi connectivity index (χ1v) is 10.2. The van der Waals surface area contributed by atoms with E-state index in [0.29, 0.717) is 5.56 Å². The van der Waals surface area contributed by atoms with E-state index in [9.17, 15) is 26.4 Å². The quantitative estimate of drug-likeness (QED) is 0.613. The van der Waals surface area contributed by atoms with Crippen LogP contribution in [-0.4, -0.2) is 25.2 Å². The van der Waals surface area contributed by atoms with Crippen LogP contribution in [0.2, 0.25) is 0 Å². The van der Waals surface area contributed by atoms with E-state index < -0.39 is 45.6 Å². The van der Waals surface area contributed by atoms with Crippen molar-refractivity contribution in [2.24, 2.45) is 0 Å². The normalized spacial score (nSPS) is 11.5. The molecule has 0 heterocycles. The number of carbonyl (C=O) groups excluding carboxylic acids is 1. The van der Waals surface area contributed by atoms with Crippen LogP contribution >= 0.6 is 0 Å². The van der Waals surface area contributed by atoms with E-state index in [1.807, 2.05) is 0 Å². The van der Waals surface area contributed by atoms with E-state index >= 15 is 0 Å². The summed E-state index contributed by atoms with van der Waals surface area (Å²) in [4.78, 5) is 12.2. The Morgan fingerprint density at radius 2 is 1.50 bits per heavy atom. The van der Waals surface area contributed by atoms with Gasteiger partial charge in [-0.15, -0.1) is 0 Å². The minimum atomic E-state index is -4.18. The van der Waals surface area contributed by atoms with Gasteiger partial charge in [0, 0.05) is 12.6 Å². The summed E-state index contributed by atoms with van der Waals surface area (Å²) in [6.45, 7) is -0.815. The fourth-order valence-corrected chi connectivity index (χ4v) is 4.10. The fraction of sp³-hybridized carbons (Fsp3) is 0.0952. The Morgan fingerprint density at radius 3 is 2.17 bits per heavy atom. The van der Waals surface area contributed by atoms with Gasteiger partial charge in [-0.05, 0) is 42.0 Å². The van der Waals surface area contributed by atoms with Crippen molar-refractivity contribution < 1.29 is 26.4 Å². The molecule has 0 aliphatic carbocycles. The van der Waals surface area contributed by atoms with Crippen LogP contribution in [0.3, 0.4) is 0 Å². The zero-order chi connectivity index (χ0) is 21.7. The molecule has 0 aromatic heterocycles. The third-order valence-corrected chi connectivity index (χ3v) is 5.98. The molecule has 0 bridgehead atoms. The minimum Gasteiger partial charge on any atom is -0.322 e. The first-order valence-electron chi connectivity index (χ1n) is 8.80. The van der Waals surface area contributed by atoms with Crippen molar-refractivity contribution in [2.75, 3.05) is 11.9 Å². The van der Waals surface area contributed by atoms with E-state index in [4.69, 9.17) is 0 Å². The average molecular weight is 434 g/mol. The van der Waals surface area contributed by atoms with Gasteiger partial charge in [0.1, 0.15) is 17.5 Å². The van der Waals surface area contributed by atoms with Gasteiger partial charge in [0.2, 0.25) is 15.9 Å². The second-order valence-electron chi connectivity index (χ2n) is 6.38. The molecule has 0 aliphatic rings. The molecule has 3 rings (SSSR count). The molecule has 3 aromatic carbocycles. The lowest BCUT2D eigenvalue weighted by molar-refractivity contribution is -0.116. The summed E-state index contributed by atoms with van der Waals surface area (Å²) in [5, 5.41) is 2.18. The molecule has 0 fully saturated rings. The van der Waals surface area contributed by atoms with E-state index in [-0.39, 0.29) is 11.4 Å². The number of rotatable bonds is 7. The molecular weight excluding hydrogens is 417 g/mol. The summed E-state index contributed by atoms with van der Waals surface area (Å²) in [6.07, 6.45) is 0. The molecule has 0 spiro atoms. The summed E-state index contributed by atoms with van der Waals surface area (Å²) in [6, 6.07) is 15.2. The summed E-state index contributed by atoms with van der Waals surface area (Å²) in [5.41, 5.74) is 0.201. The number of nitrogens with one attached hydrogen (secondary N) is 1. The molecule has 0 radical (unpaired) electrons. The average Bonchev–Trinajstić information content (AvgIpc) is 2.71. The van der Waals surface area contributed by atoms with Crippen molar-refractivity contribution in [3.05, 3.63) is 95.8 Å². The minimum absolute atomic E-state index is 0.153. The zero-order valence-corrected chi connectivity index (χ0v) is 16.4. The van der Waals surface area contributed by atoms with Crippen molar-refractivity contribution in [2.45, 2.75) is 11.4 Å². The number of hydrogen-bond donors (Lipinski definition) is 1. The van der Waals surface area contributed by atoms with Gasteiger partial charge in [-0.3, -0.25) is 4.79 Å². The summed E-state index contributed by atoms with van der Waals surface area (Å²) in [5.74, 6) is -3.09. The van der Waals surface area contributed by atoms with E-state index in [0.717, 1.165) is 46.8 Å². The number of anilines is 1. The Labute approximate surface area is 171 Å². The number of amides is 1. The highest BCUT2D eigenvalue weighted by atomic mass is 32.2. The molecule has 30 heavy (non-hydrogen) atoms. The van der Waals surface area contributed by atoms with Crippen molar-refractivity contribution in [1.82, 2.24) is 4.31 Å². The van der Waals surface area contributed by atoms with E-state index in [1.54, 1.807) is 30.3 Å². The first-order chi connectivity index (χ1) is 14.3. The van der Waals surface area contributed by atoms with Gasteiger partial charge < -0.3 is 5.32 Å². The van der Waals surface area contributed by atoms with Crippen molar-refractivity contribution in [3.8, 4) is 0 Å². The third kappa shape index (κ3) is 5.25. The number of hydrogen-bond acceptors (Lipinski definition) is 3. The maximum Gasteiger partial charge on any atom is 0.243 e. The van der Waals surface area contributed by atoms with Gasteiger partial charge in [0.05, 0.1) is 17.1 Å². The van der Waals surface area contributed by atoms with Gasteiger partial charge in [0.15, 0.2) is 0 Å². The maximum atomic E-state index is 13.8. The Kier molecular flexibility index (Phi) is 6.53. The van der Waals surface area contributed by atoms with Gasteiger partial charge in [-0.1, -0.05) is 30.3 Å². The molecule has 1 N–H and O–H groups in total. The molecule has 9 heteroatoms. The van der Waals surface area contributed by atoms with Crippen molar-refractivity contribution in [1.29, 1.82) is 0 Å². The molecule has 0 saturated heterocycles. The smallest absolute Gasteiger partial charge is 0.243 e. The predicted molar refractivity (Wildman–Crippen MR) is 105 cm³/mol. The highest BCUT2D eigenvalue weighted by Crippen LogP contribution is 2.20. The standard InChI is InChI=1S/C21H17F3N2O3S/c22-16-6-9-18(10-7-16)30(28,29)26(13-15-4-2-1-3-5-15)14-21(27)25-20-12-17(23)8-11-19(20)24/h1-12H,13-14H2,(H,25,27). The van der Waals surface area contributed by atoms with Crippen molar-refractivity contribution in [3.63, 3.8) is 0 Å². The molecule has 0 unspecified atom stereocenters. The molecular formula is C21H17F3N2O3S. The summed E-state index contributed by atoms with van der Waals surface area (Å²) >= 11 is 0. The van der Waals surface area contributed by atoms with Crippen LogP contribution in [0.5, 0.6) is 0 Å². The van der Waals surface area contributed by atoms with Crippen molar-refractivity contribution >= 4 is 21.6 Å². The lowest BCUT2D eigenvalue weighted by Crippen LogP contribution is -2.37. The highest BCUT2D eigenvalue weighted by Gasteiger charge is 2.27. The Balaban J connectivity index is 1.88. The Hall–Kier alpha value is -3.17. The number of nitrogens with zero attached hydrogens (tertiary/aromatic N) is 1.